The van der Waals surface area contributed by atoms with Crippen molar-refractivity contribution in [1.82, 2.24) is 0 Å². The van der Waals surface area contributed by atoms with Gasteiger partial charge in [0.2, 0.25) is 0 Å². The average molecular weight is 547 g/mol. The van der Waals surface area contributed by atoms with Gasteiger partial charge in [-0.05, 0) is 146 Å². The van der Waals surface area contributed by atoms with E-state index in [0.29, 0.717) is 0 Å². The van der Waals surface area contributed by atoms with Gasteiger partial charge in [0.05, 0.1) is 0 Å². The van der Waals surface area contributed by atoms with Crippen molar-refractivity contribution in [3.63, 3.8) is 0 Å². The molecule has 0 nitrogen and oxygen atoms in total. The van der Waals surface area contributed by atoms with Gasteiger partial charge in [-0.25, -0.2) is 0 Å². The van der Waals surface area contributed by atoms with E-state index in [-0.39, 0.29) is 0 Å². The second kappa shape index (κ2) is 21.0. The first-order chi connectivity index (χ1) is 19.0. The van der Waals surface area contributed by atoms with E-state index in [0.717, 1.165) is 29.6 Å². The van der Waals surface area contributed by atoms with Crippen LogP contribution in [0.1, 0.15) is 137 Å². The first-order valence-corrected chi connectivity index (χ1v) is 16.7. The monoisotopic (exact) mass is 547 g/mol. The molecule has 40 heavy (non-hydrogen) atoms. The molecule has 4 aliphatic rings. The van der Waals surface area contributed by atoms with Crippen molar-refractivity contribution in [1.29, 1.82) is 0 Å². The number of aryl methyl sites for hydroxylation is 2. The quantitative estimate of drug-likeness (QED) is 0.284. The normalized spacial score (nSPS) is 27.2. The van der Waals surface area contributed by atoms with E-state index in [1.165, 1.54) is 81.8 Å². The van der Waals surface area contributed by atoms with Crippen molar-refractivity contribution < 1.29 is 0 Å². The molecule has 0 saturated carbocycles. The highest BCUT2D eigenvalue weighted by Crippen LogP contribution is 2.25. The van der Waals surface area contributed by atoms with Crippen molar-refractivity contribution in [3.8, 4) is 0 Å². The Morgan fingerprint density at radius 1 is 0.575 bits per heavy atom. The van der Waals surface area contributed by atoms with E-state index < -0.39 is 0 Å². The number of hydrogen-bond acceptors (Lipinski definition) is 0. The molecule has 5 rings (SSSR count). The average Bonchev–Trinajstić information content (AvgIpc) is 2.94. The lowest BCUT2D eigenvalue weighted by atomic mass is 9.86. The second-order valence-electron chi connectivity index (χ2n) is 13.4. The number of hydrogen-bond donors (Lipinski definition) is 0. The fourth-order valence-corrected chi connectivity index (χ4v) is 5.26. The van der Waals surface area contributed by atoms with Crippen LogP contribution in [0.25, 0.3) is 0 Å². The lowest BCUT2D eigenvalue weighted by Crippen LogP contribution is -2.08. The predicted molar refractivity (Wildman–Crippen MR) is 183 cm³/mol. The SMILES string of the molecule is CC1=C(C)CCCC1.CC1=CCCCC1C.CC1C=CCCC1C.CC1CC=CCC1C.Cc1ccccc1C. The second-order valence-corrected chi connectivity index (χ2v) is 13.4. The van der Waals surface area contributed by atoms with Crippen molar-refractivity contribution in [2.24, 2.45) is 29.6 Å². The van der Waals surface area contributed by atoms with E-state index in [9.17, 15) is 0 Å². The molecule has 0 heteroatoms. The first-order valence-electron chi connectivity index (χ1n) is 16.7. The fraction of sp³-hybridized carbons (Fsp3) is 0.650. The molecule has 5 unspecified atom stereocenters. The van der Waals surface area contributed by atoms with Crippen LogP contribution in [0.15, 0.2) is 71.4 Å². The van der Waals surface area contributed by atoms with Gasteiger partial charge < -0.3 is 0 Å². The van der Waals surface area contributed by atoms with Crippen LogP contribution >= 0.6 is 0 Å². The van der Waals surface area contributed by atoms with Crippen molar-refractivity contribution in [3.05, 3.63) is 82.5 Å². The topological polar surface area (TPSA) is 0 Å². The van der Waals surface area contributed by atoms with Gasteiger partial charge in [-0.2, -0.15) is 0 Å². The van der Waals surface area contributed by atoms with Crippen LogP contribution in [-0.4, -0.2) is 0 Å². The number of benzene rings is 1. The summed E-state index contributed by atoms with van der Waals surface area (Å²) >= 11 is 0. The predicted octanol–water partition coefficient (Wildman–Crippen LogP) is 13.2. The summed E-state index contributed by atoms with van der Waals surface area (Å²) in [6.45, 7) is 22.6. The van der Waals surface area contributed by atoms with Crippen LogP contribution in [-0.2, 0) is 0 Å². The van der Waals surface area contributed by atoms with Crippen LogP contribution in [0.2, 0.25) is 0 Å². The van der Waals surface area contributed by atoms with Crippen molar-refractivity contribution >= 4 is 0 Å². The maximum absolute atomic E-state index is 2.37. The van der Waals surface area contributed by atoms with Gasteiger partial charge in [0, 0.05) is 0 Å². The molecule has 5 atom stereocenters. The molecule has 0 aromatic heterocycles. The summed E-state index contributed by atoms with van der Waals surface area (Å²) in [5.41, 5.74) is 7.60. The van der Waals surface area contributed by atoms with E-state index in [1.54, 1.807) is 16.7 Å². The zero-order valence-electron chi connectivity index (χ0n) is 28.4. The summed E-state index contributed by atoms with van der Waals surface area (Å²) in [4.78, 5) is 0. The third-order valence-electron chi connectivity index (χ3n) is 9.87. The lowest BCUT2D eigenvalue weighted by Gasteiger charge is -2.19. The standard InChI is InChI=1S/4C8H14.C8H10/c5*1-7-5-3-4-6-8(7)2/h3-6H2,1-2H3;5,8H,3-4,6H2,1-2H3;3,5,7-8H,4,6H2,1-2H3;3-4,7-8H,5-6H2,1-2H3;3-6H,1-2H3. The highest BCUT2D eigenvalue weighted by Gasteiger charge is 2.12. The number of rotatable bonds is 0. The maximum atomic E-state index is 2.37. The summed E-state index contributed by atoms with van der Waals surface area (Å²) < 4.78 is 0. The minimum atomic E-state index is 0.823. The minimum absolute atomic E-state index is 0.823. The third-order valence-corrected chi connectivity index (χ3v) is 9.87. The van der Waals surface area contributed by atoms with E-state index in [1.807, 2.05) is 0 Å². The zero-order chi connectivity index (χ0) is 29.9. The Bertz CT molecular complexity index is 876. The molecule has 0 heterocycles. The van der Waals surface area contributed by atoms with Gasteiger partial charge in [-0.1, -0.05) is 106 Å². The van der Waals surface area contributed by atoms with E-state index in [4.69, 9.17) is 0 Å². The van der Waals surface area contributed by atoms with Gasteiger partial charge in [-0.3, -0.25) is 0 Å². The molecular weight excluding hydrogens is 480 g/mol. The first kappa shape index (κ1) is 36.2. The summed E-state index contributed by atoms with van der Waals surface area (Å²) in [7, 11) is 0. The summed E-state index contributed by atoms with van der Waals surface area (Å²) in [6.07, 6.45) is 26.5. The van der Waals surface area contributed by atoms with Crippen LogP contribution in [0.4, 0.5) is 0 Å². The van der Waals surface area contributed by atoms with E-state index >= 15 is 0 Å². The minimum Gasteiger partial charge on any atom is -0.0883 e. The van der Waals surface area contributed by atoms with Gasteiger partial charge >= 0.3 is 0 Å². The Hall–Kier alpha value is -1.82. The van der Waals surface area contributed by atoms with Crippen LogP contribution in [0, 0.1) is 43.4 Å². The van der Waals surface area contributed by atoms with Gasteiger partial charge in [0.25, 0.3) is 0 Å². The fourth-order valence-electron chi connectivity index (χ4n) is 5.26. The smallest absolute Gasteiger partial charge is 0.0234 e. The Balaban J connectivity index is 0.000000250. The molecule has 0 amide bonds. The number of allylic oxidation sites excluding steroid dienone is 8. The van der Waals surface area contributed by atoms with Crippen molar-refractivity contribution in [2.45, 2.75) is 140 Å². The van der Waals surface area contributed by atoms with Crippen LogP contribution < -0.4 is 0 Å². The highest BCUT2D eigenvalue weighted by molar-refractivity contribution is 5.23. The Labute approximate surface area is 251 Å². The third kappa shape index (κ3) is 15.8. The maximum Gasteiger partial charge on any atom is -0.0234 e. The van der Waals surface area contributed by atoms with Gasteiger partial charge in [0.15, 0.2) is 0 Å². The molecule has 0 bridgehead atoms. The molecule has 0 aliphatic heterocycles. The van der Waals surface area contributed by atoms with Crippen molar-refractivity contribution in [2.75, 3.05) is 0 Å². The molecule has 0 N–H and O–H groups in total. The lowest BCUT2D eigenvalue weighted by molar-refractivity contribution is 0.380. The molecule has 4 aliphatic carbocycles. The molecule has 1 aromatic carbocycles. The Kier molecular flexibility index (Phi) is 19.0. The molecule has 0 spiro atoms. The van der Waals surface area contributed by atoms with Crippen LogP contribution in [0.5, 0.6) is 0 Å². The summed E-state index contributed by atoms with van der Waals surface area (Å²) in [6, 6.07) is 8.36. The summed E-state index contributed by atoms with van der Waals surface area (Å²) in [5, 5.41) is 0. The zero-order valence-corrected chi connectivity index (χ0v) is 28.4. The summed E-state index contributed by atoms with van der Waals surface area (Å²) in [5.74, 6) is 4.44. The highest BCUT2D eigenvalue weighted by atomic mass is 14.2. The largest absolute Gasteiger partial charge is 0.0883 e. The van der Waals surface area contributed by atoms with Gasteiger partial charge in [-0.15, -0.1) is 0 Å². The van der Waals surface area contributed by atoms with Gasteiger partial charge in [0.1, 0.15) is 0 Å². The van der Waals surface area contributed by atoms with E-state index in [2.05, 4.69) is 124 Å². The molecule has 0 fully saturated rings. The molecular formula is C40H66. The Morgan fingerprint density at radius 2 is 1.10 bits per heavy atom. The van der Waals surface area contributed by atoms with Crippen LogP contribution in [0.3, 0.4) is 0 Å². The molecule has 0 saturated heterocycles. The Morgan fingerprint density at radius 3 is 1.40 bits per heavy atom. The molecule has 0 radical (unpaired) electrons. The molecule has 1 aromatic rings. The molecule has 226 valence electrons.